The van der Waals surface area contributed by atoms with Crippen molar-refractivity contribution < 1.29 is 19.4 Å². The van der Waals surface area contributed by atoms with Crippen molar-refractivity contribution in [3.05, 3.63) is 0 Å². The molecule has 0 aliphatic carbocycles. The molecule has 1 saturated heterocycles. The van der Waals surface area contributed by atoms with Crippen LogP contribution in [0.1, 0.15) is 20.3 Å². The summed E-state index contributed by atoms with van der Waals surface area (Å²) in [6.45, 7) is 5.48. The molecule has 0 saturated carbocycles. The molecule has 0 aromatic rings. The summed E-state index contributed by atoms with van der Waals surface area (Å²) < 4.78 is 10.5. The normalized spacial score (nSPS) is 28.9. The number of carboxylic acid groups (broad SMARTS) is 1. The molecule has 1 rings (SSSR count). The quantitative estimate of drug-likeness (QED) is 0.750. The van der Waals surface area contributed by atoms with E-state index in [-0.39, 0.29) is 18.8 Å². The molecule has 0 amide bonds. The molecule has 1 heterocycles. The Balaban J connectivity index is 2.73. The molecule has 5 heteroatoms. The Kier molecular flexibility index (Phi) is 5.18. The van der Waals surface area contributed by atoms with Crippen molar-refractivity contribution in [2.45, 2.75) is 38.5 Å². The van der Waals surface area contributed by atoms with E-state index in [0.29, 0.717) is 13.2 Å². The van der Waals surface area contributed by atoms with E-state index < -0.39 is 12.0 Å². The van der Waals surface area contributed by atoms with E-state index in [1.54, 1.807) is 0 Å². The maximum absolute atomic E-state index is 11.2. The van der Waals surface area contributed by atoms with Gasteiger partial charge in [0.05, 0.1) is 19.3 Å². The molecule has 0 radical (unpaired) electrons. The average molecular weight is 231 g/mol. The molecule has 0 bridgehead atoms. The molecule has 0 spiro atoms. The van der Waals surface area contributed by atoms with Crippen LogP contribution in [0.4, 0.5) is 0 Å². The number of ether oxygens (including phenoxy) is 2. The van der Waals surface area contributed by atoms with Gasteiger partial charge in [0.2, 0.25) is 0 Å². The van der Waals surface area contributed by atoms with Gasteiger partial charge in [-0.05, 0) is 13.3 Å². The molecule has 3 unspecified atom stereocenters. The molecule has 5 nitrogen and oxygen atoms in total. The number of aliphatic carboxylic acids is 1. The van der Waals surface area contributed by atoms with Crippen LogP contribution in [-0.4, -0.2) is 61.0 Å². The Morgan fingerprint density at radius 3 is 2.88 bits per heavy atom. The smallest absolute Gasteiger partial charge is 0.323 e. The van der Waals surface area contributed by atoms with Crippen molar-refractivity contribution in [1.29, 1.82) is 0 Å². The van der Waals surface area contributed by atoms with Crippen LogP contribution in [0.2, 0.25) is 0 Å². The molecule has 16 heavy (non-hydrogen) atoms. The molecular weight excluding hydrogens is 210 g/mol. The summed E-state index contributed by atoms with van der Waals surface area (Å²) in [7, 11) is 1.53. The Hall–Kier alpha value is -0.650. The molecule has 1 N–H and O–H groups in total. The third-order valence-electron chi connectivity index (χ3n) is 2.99. The molecule has 3 atom stereocenters. The molecule has 94 valence electrons. The summed E-state index contributed by atoms with van der Waals surface area (Å²) in [5.74, 6) is -0.825. The highest BCUT2D eigenvalue weighted by Gasteiger charge is 2.34. The van der Waals surface area contributed by atoms with E-state index in [1.807, 2.05) is 18.7 Å². The van der Waals surface area contributed by atoms with Gasteiger partial charge < -0.3 is 14.6 Å². The summed E-state index contributed by atoms with van der Waals surface area (Å²) in [5, 5.41) is 9.19. The second-order valence-corrected chi connectivity index (χ2v) is 4.21. The molecule has 0 aromatic carbocycles. The van der Waals surface area contributed by atoms with Gasteiger partial charge in [-0.1, -0.05) is 6.92 Å². The van der Waals surface area contributed by atoms with Gasteiger partial charge in [-0.25, -0.2) is 0 Å². The maximum Gasteiger partial charge on any atom is 0.323 e. The van der Waals surface area contributed by atoms with Crippen LogP contribution < -0.4 is 0 Å². The maximum atomic E-state index is 11.2. The zero-order valence-electron chi connectivity index (χ0n) is 10.2. The highest BCUT2D eigenvalue weighted by atomic mass is 16.5. The highest BCUT2D eigenvalue weighted by Crippen LogP contribution is 2.18. The third kappa shape index (κ3) is 3.17. The van der Waals surface area contributed by atoms with E-state index in [9.17, 15) is 9.90 Å². The van der Waals surface area contributed by atoms with E-state index in [2.05, 4.69) is 0 Å². The number of nitrogens with zero attached hydrogens (tertiary/aromatic N) is 1. The highest BCUT2D eigenvalue weighted by molar-refractivity contribution is 5.73. The van der Waals surface area contributed by atoms with E-state index >= 15 is 0 Å². The number of morpholine rings is 1. The largest absolute Gasteiger partial charge is 0.480 e. The Bertz CT molecular complexity index is 234. The summed E-state index contributed by atoms with van der Waals surface area (Å²) in [5.41, 5.74) is 0. The molecule has 0 aromatic heterocycles. The monoisotopic (exact) mass is 231 g/mol. The van der Waals surface area contributed by atoms with Crippen LogP contribution in [-0.2, 0) is 14.3 Å². The van der Waals surface area contributed by atoms with Crippen molar-refractivity contribution in [3.63, 3.8) is 0 Å². The number of hydrogen-bond acceptors (Lipinski definition) is 4. The van der Waals surface area contributed by atoms with Crippen molar-refractivity contribution in [2.75, 3.05) is 26.9 Å². The summed E-state index contributed by atoms with van der Waals surface area (Å²) in [6, 6.07) is -0.395. The van der Waals surface area contributed by atoms with Gasteiger partial charge in [-0.2, -0.15) is 0 Å². The van der Waals surface area contributed by atoms with Gasteiger partial charge in [0.25, 0.3) is 0 Å². The lowest BCUT2D eigenvalue weighted by molar-refractivity contribution is -0.153. The minimum atomic E-state index is -0.825. The Labute approximate surface area is 96.3 Å². The zero-order chi connectivity index (χ0) is 12.1. The SMILES string of the molecule is CCC1COC(C)CN1C(COC)C(=O)O. The second-order valence-electron chi connectivity index (χ2n) is 4.21. The third-order valence-corrected chi connectivity index (χ3v) is 2.99. The molecule has 1 aliphatic rings. The molecule has 1 aliphatic heterocycles. The second kappa shape index (κ2) is 6.18. The number of hydrogen-bond donors (Lipinski definition) is 1. The van der Waals surface area contributed by atoms with Gasteiger partial charge in [-0.3, -0.25) is 9.69 Å². The van der Waals surface area contributed by atoms with Crippen LogP contribution >= 0.6 is 0 Å². The predicted octanol–water partition coefficient (Wildman–Crippen LogP) is 0.585. The lowest BCUT2D eigenvalue weighted by Gasteiger charge is -2.41. The average Bonchev–Trinajstić information content (AvgIpc) is 2.25. The number of carboxylic acids is 1. The lowest BCUT2D eigenvalue weighted by Crippen LogP contribution is -2.57. The van der Waals surface area contributed by atoms with Crippen molar-refractivity contribution in [3.8, 4) is 0 Å². The van der Waals surface area contributed by atoms with Crippen molar-refractivity contribution in [1.82, 2.24) is 4.90 Å². The van der Waals surface area contributed by atoms with Crippen molar-refractivity contribution in [2.24, 2.45) is 0 Å². The summed E-state index contributed by atoms with van der Waals surface area (Å²) in [4.78, 5) is 13.2. The minimum Gasteiger partial charge on any atom is -0.480 e. The van der Waals surface area contributed by atoms with Crippen molar-refractivity contribution >= 4 is 5.97 Å². The fourth-order valence-corrected chi connectivity index (χ4v) is 2.07. The first kappa shape index (κ1) is 13.4. The fourth-order valence-electron chi connectivity index (χ4n) is 2.07. The molecular formula is C11H21NO4. The summed E-state index contributed by atoms with van der Waals surface area (Å²) in [6.07, 6.45) is 0.974. The standard InChI is InChI=1S/C11H21NO4/c1-4-9-6-16-8(2)5-12(9)10(7-15-3)11(13)14/h8-10H,4-7H2,1-3H3,(H,13,14). The zero-order valence-corrected chi connectivity index (χ0v) is 10.2. The van der Waals surface area contributed by atoms with E-state index in [1.165, 1.54) is 7.11 Å². The Morgan fingerprint density at radius 2 is 2.38 bits per heavy atom. The van der Waals surface area contributed by atoms with Gasteiger partial charge in [0, 0.05) is 19.7 Å². The topological polar surface area (TPSA) is 59.0 Å². The van der Waals surface area contributed by atoms with Crippen LogP contribution in [0.5, 0.6) is 0 Å². The van der Waals surface area contributed by atoms with E-state index in [0.717, 1.165) is 6.42 Å². The molecule has 1 fully saturated rings. The first-order valence-electron chi connectivity index (χ1n) is 5.69. The minimum absolute atomic E-state index is 0.0847. The van der Waals surface area contributed by atoms with Crippen LogP contribution in [0.25, 0.3) is 0 Å². The number of carbonyl (C=O) groups is 1. The number of methoxy groups -OCH3 is 1. The first-order chi connectivity index (χ1) is 7.60. The van der Waals surface area contributed by atoms with Gasteiger partial charge in [0.1, 0.15) is 6.04 Å². The number of rotatable bonds is 5. The van der Waals surface area contributed by atoms with E-state index in [4.69, 9.17) is 9.47 Å². The fraction of sp³-hybridized carbons (Fsp3) is 0.909. The lowest BCUT2D eigenvalue weighted by atomic mass is 10.1. The predicted molar refractivity (Wildman–Crippen MR) is 59.5 cm³/mol. The van der Waals surface area contributed by atoms with Crippen LogP contribution in [0.15, 0.2) is 0 Å². The Morgan fingerprint density at radius 1 is 1.69 bits per heavy atom. The van der Waals surface area contributed by atoms with Gasteiger partial charge in [-0.15, -0.1) is 0 Å². The summed E-state index contributed by atoms with van der Waals surface area (Å²) >= 11 is 0. The van der Waals surface area contributed by atoms with Crippen LogP contribution in [0.3, 0.4) is 0 Å². The first-order valence-corrected chi connectivity index (χ1v) is 5.69. The van der Waals surface area contributed by atoms with Gasteiger partial charge in [0.15, 0.2) is 0 Å². The van der Waals surface area contributed by atoms with Gasteiger partial charge >= 0.3 is 5.97 Å². The van der Waals surface area contributed by atoms with Crippen LogP contribution in [0, 0.1) is 0 Å².